The second kappa shape index (κ2) is 32.2. The van der Waals surface area contributed by atoms with Crippen LogP contribution in [0.15, 0.2) is 314 Å². The lowest BCUT2D eigenvalue weighted by Crippen LogP contribution is -2.20. The molecule has 0 saturated carbocycles. The summed E-state index contributed by atoms with van der Waals surface area (Å²) < 4.78 is 0. The summed E-state index contributed by atoms with van der Waals surface area (Å²) in [5.41, 5.74) is 22.1. The second-order valence-corrected chi connectivity index (χ2v) is 20.7. The lowest BCUT2D eigenvalue weighted by atomic mass is 10.0. The molecule has 0 aromatic heterocycles. The molecule has 0 spiro atoms. The molecular formula is C79H82N2. The summed E-state index contributed by atoms with van der Waals surface area (Å²) in [6.07, 6.45) is 35.2. The molecular weight excluding hydrogens is 977 g/mol. The van der Waals surface area contributed by atoms with Crippen LogP contribution >= 0.6 is 0 Å². The van der Waals surface area contributed by atoms with Gasteiger partial charge in [-0.15, -0.1) is 0 Å². The zero-order valence-electron chi connectivity index (χ0n) is 49.0. The molecule has 0 heterocycles. The third-order valence-corrected chi connectivity index (χ3v) is 14.0. The maximum atomic E-state index is 3.96. The molecule has 0 bridgehead atoms. The Bertz CT molecular complexity index is 3340. The van der Waals surface area contributed by atoms with E-state index in [4.69, 9.17) is 0 Å². The van der Waals surface area contributed by atoms with E-state index in [-0.39, 0.29) is 0 Å². The molecule has 408 valence electrons. The molecule has 11 rings (SSSR count). The summed E-state index contributed by atoms with van der Waals surface area (Å²) in [5, 5.41) is 0. The van der Waals surface area contributed by atoms with Crippen LogP contribution in [0.4, 0.5) is 22.7 Å². The van der Waals surface area contributed by atoms with Crippen molar-refractivity contribution < 1.29 is 0 Å². The van der Waals surface area contributed by atoms with E-state index in [0.29, 0.717) is 0 Å². The number of rotatable bonds is 11. The Balaban J connectivity index is 0.000000214. The first kappa shape index (κ1) is 59.7. The topological polar surface area (TPSA) is 6.48 Å². The molecule has 8 aromatic rings. The van der Waals surface area contributed by atoms with E-state index >= 15 is 0 Å². The minimum absolute atomic E-state index is 1.04. The van der Waals surface area contributed by atoms with Gasteiger partial charge in [0, 0.05) is 34.1 Å². The quantitative estimate of drug-likeness (QED) is 0.119. The fourth-order valence-electron chi connectivity index (χ4n) is 9.40. The van der Waals surface area contributed by atoms with E-state index in [1.165, 1.54) is 98.2 Å². The van der Waals surface area contributed by atoms with Crippen LogP contribution in [-0.2, 0) is 0 Å². The van der Waals surface area contributed by atoms with Gasteiger partial charge in [-0.25, -0.2) is 0 Å². The van der Waals surface area contributed by atoms with Gasteiger partial charge in [0.25, 0.3) is 0 Å². The molecule has 0 saturated heterocycles. The number of anilines is 4. The van der Waals surface area contributed by atoms with Crippen LogP contribution in [0.1, 0.15) is 81.5 Å². The molecule has 0 unspecified atom stereocenters. The molecule has 0 fully saturated rings. The smallest absolute Gasteiger partial charge is 0.0462 e. The first-order valence-electron chi connectivity index (χ1n) is 28.8. The third-order valence-electron chi connectivity index (χ3n) is 14.0. The van der Waals surface area contributed by atoms with Gasteiger partial charge in [0.15, 0.2) is 0 Å². The SMILES string of the molecule is C=C/C=C(\C=C/C)N(C1=CCCC=C1)c1ccc(-c2ccc(N(c3ccccc3)c3ccc(-c4ccc(C)cc4)cc3)cc2)cc1.CC1=CCCC=C1.CC1=CCCC=C1.Cc1ccc(-c2ccc(C)cc2)cc1.Cc1ccccc1. The van der Waals surface area contributed by atoms with Crippen LogP contribution in [0, 0.1) is 27.7 Å². The standard InChI is InChI=1S/C44H40N2.C14H14.2C7H10.C7H8/c1-4-12-39(13-5-2)45(40-14-8-6-9-15-40)42-28-24-37(25-29-42)38-26-32-44(33-27-38)46(41-16-10-7-11-17-41)43-30-22-36(23-31-43)35-20-18-34(3)19-21-35;1-11-3-7-13(8-4-11)14-9-5-12(2)6-10-14;3*1-7-5-3-2-4-6-7/h4-5,7-8,10-33H,1,6,9H2,2-3H3;3-10H,1-2H3;2*3,5-6H,2,4H2,1H3;2-6H,1H3/b13-5-,39-12+;;;;. The van der Waals surface area contributed by atoms with E-state index < -0.39 is 0 Å². The first-order chi connectivity index (χ1) is 39.6. The Morgan fingerprint density at radius 3 is 0.988 bits per heavy atom. The van der Waals surface area contributed by atoms with E-state index in [2.05, 4.69) is 319 Å². The highest BCUT2D eigenvalue weighted by Gasteiger charge is 2.16. The fraction of sp³-hybridized carbons (Fsp3) is 0.165. The van der Waals surface area contributed by atoms with Crippen molar-refractivity contribution in [1.82, 2.24) is 0 Å². The van der Waals surface area contributed by atoms with Crippen LogP contribution < -0.4 is 9.80 Å². The zero-order chi connectivity index (χ0) is 57.0. The summed E-state index contributed by atoms with van der Waals surface area (Å²) in [4.78, 5) is 4.61. The number of allylic oxidation sites excluding steroid dienone is 15. The molecule has 0 amide bonds. The van der Waals surface area contributed by atoms with Gasteiger partial charge in [-0.3, -0.25) is 0 Å². The normalized spacial score (nSPS) is 13.2. The Kier molecular flexibility index (Phi) is 23.7. The Hall–Kier alpha value is -8.98. The van der Waals surface area contributed by atoms with Crippen LogP contribution in [0.2, 0.25) is 0 Å². The summed E-state index contributed by atoms with van der Waals surface area (Å²) in [6.45, 7) is 18.7. The summed E-state index contributed by atoms with van der Waals surface area (Å²) in [6, 6.07) is 73.3. The highest BCUT2D eigenvalue weighted by Crippen LogP contribution is 2.37. The van der Waals surface area contributed by atoms with Gasteiger partial charge in [-0.05, 0) is 187 Å². The zero-order valence-corrected chi connectivity index (χ0v) is 49.0. The molecule has 8 aromatic carbocycles. The maximum absolute atomic E-state index is 3.96. The number of aryl methyl sites for hydroxylation is 4. The summed E-state index contributed by atoms with van der Waals surface area (Å²) >= 11 is 0. The average molecular weight is 1060 g/mol. The predicted molar refractivity (Wildman–Crippen MR) is 356 cm³/mol. The van der Waals surface area contributed by atoms with Crippen molar-refractivity contribution in [3.8, 4) is 33.4 Å². The van der Waals surface area contributed by atoms with Gasteiger partial charge < -0.3 is 9.80 Å². The first-order valence-corrected chi connectivity index (χ1v) is 28.8. The third kappa shape index (κ3) is 19.1. The van der Waals surface area contributed by atoms with Crippen LogP contribution in [-0.4, -0.2) is 0 Å². The van der Waals surface area contributed by atoms with Gasteiger partial charge in [-0.2, -0.15) is 0 Å². The Morgan fingerprint density at radius 1 is 0.358 bits per heavy atom. The molecule has 0 aliphatic heterocycles. The van der Waals surface area contributed by atoms with E-state index in [1.807, 2.05) is 31.2 Å². The molecule has 2 heteroatoms. The molecule has 3 aliphatic rings. The lowest BCUT2D eigenvalue weighted by molar-refractivity contribution is 0.986. The van der Waals surface area contributed by atoms with E-state index in [0.717, 1.165) is 41.3 Å². The van der Waals surface area contributed by atoms with Gasteiger partial charge in [0.05, 0.1) is 0 Å². The highest BCUT2D eigenvalue weighted by atomic mass is 15.2. The van der Waals surface area contributed by atoms with Crippen molar-refractivity contribution in [3.05, 3.63) is 337 Å². The Labute approximate surface area is 486 Å². The largest absolute Gasteiger partial charge is 0.311 e. The van der Waals surface area contributed by atoms with Gasteiger partial charge in [0.1, 0.15) is 0 Å². The monoisotopic (exact) mass is 1060 g/mol. The second-order valence-electron chi connectivity index (χ2n) is 20.7. The van der Waals surface area contributed by atoms with Crippen molar-refractivity contribution in [2.45, 2.75) is 87.0 Å². The van der Waals surface area contributed by atoms with Crippen molar-refractivity contribution in [2.75, 3.05) is 9.80 Å². The van der Waals surface area contributed by atoms with Crippen LogP contribution in [0.3, 0.4) is 0 Å². The highest BCUT2D eigenvalue weighted by molar-refractivity contribution is 5.80. The van der Waals surface area contributed by atoms with Crippen molar-refractivity contribution in [1.29, 1.82) is 0 Å². The van der Waals surface area contributed by atoms with Crippen LogP contribution in [0.5, 0.6) is 0 Å². The molecule has 0 radical (unpaired) electrons. The van der Waals surface area contributed by atoms with E-state index in [1.54, 1.807) is 0 Å². The maximum Gasteiger partial charge on any atom is 0.0462 e. The number of nitrogens with zero attached hydrogens (tertiary/aromatic N) is 2. The van der Waals surface area contributed by atoms with Crippen LogP contribution in [0.25, 0.3) is 33.4 Å². The lowest BCUT2D eigenvalue weighted by Gasteiger charge is -2.28. The molecule has 81 heavy (non-hydrogen) atoms. The van der Waals surface area contributed by atoms with Crippen molar-refractivity contribution in [3.63, 3.8) is 0 Å². The van der Waals surface area contributed by atoms with Crippen molar-refractivity contribution in [2.24, 2.45) is 0 Å². The van der Waals surface area contributed by atoms with Gasteiger partial charge in [0.2, 0.25) is 0 Å². The number of benzene rings is 8. The van der Waals surface area contributed by atoms with Gasteiger partial charge >= 0.3 is 0 Å². The minimum atomic E-state index is 1.04. The average Bonchev–Trinajstić information content (AvgIpc) is 3.52. The fourth-order valence-corrected chi connectivity index (χ4v) is 9.40. The Morgan fingerprint density at radius 2 is 0.691 bits per heavy atom. The number of hydrogen-bond donors (Lipinski definition) is 0. The predicted octanol–water partition coefficient (Wildman–Crippen LogP) is 23.0. The number of para-hydroxylation sites is 1. The summed E-state index contributed by atoms with van der Waals surface area (Å²) in [5.74, 6) is 0. The molecule has 3 aliphatic carbocycles. The van der Waals surface area contributed by atoms with Crippen molar-refractivity contribution >= 4 is 22.7 Å². The minimum Gasteiger partial charge on any atom is -0.311 e. The van der Waals surface area contributed by atoms with Gasteiger partial charge in [-0.1, -0.05) is 258 Å². The molecule has 0 atom stereocenters. The molecule has 0 N–H and O–H groups in total. The van der Waals surface area contributed by atoms with E-state index in [9.17, 15) is 0 Å². The molecule has 2 nitrogen and oxygen atoms in total. The number of hydrogen-bond acceptors (Lipinski definition) is 2. The summed E-state index contributed by atoms with van der Waals surface area (Å²) in [7, 11) is 0.